The number of carbonyl (C=O) groups excluding carboxylic acids is 1. The summed E-state index contributed by atoms with van der Waals surface area (Å²) in [6.07, 6.45) is 1.50. The van der Waals surface area contributed by atoms with Crippen molar-refractivity contribution in [2.24, 2.45) is 5.84 Å². The fourth-order valence-corrected chi connectivity index (χ4v) is 2.06. The molecule has 1 aromatic heterocycles. The van der Waals surface area contributed by atoms with Crippen LogP contribution in [0.3, 0.4) is 0 Å². The van der Waals surface area contributed by atoms with Crippen molar-refractivity contribution < 1.29 is 9.53 Å². The van der Waals surface area contributed by atoms with Gasteiger partial charge in [-0.05, 0) is 24.3 Å². The maximum absolute atomic E-state index is 12.1. The molecule has 7 heteroatoms. The van der Waals surface area contributed by atoms with Gasteiger partial charge in [0.25, 0.3) is 5.91 Å². The molecule has 0 saturated carbocycles. The number of hydrogen-bond donors (Lipinski definition) is 3. The Kier molecular flexibility index (Phi) is 4.97. The third-order valence-corrected chi connectivity index (χ3v) is 3.25. The zero-order chi connectivity index (χ0) is 15.2. The molecule has 1 aromatic carbocycles. The molecule has 0 spiro atoms. The number of hydrazine groups is 1. The lowest BCUT2D eigenvalue weighted by Crippen LogP contribution is -2.23. The second kappa shape index (κ2) is 6.92. The SMILES string of the molecule is COc1cccc(Cl)c1CNC(=O)c1ccnc(NN)c1. The minimum Gasteiger partial charge on any atom is -0.496 e. The van der Waals surface area contributed by atoms with Crippen molar-refractivity contribution in [1.82, 2.24) is 10.3 Å². The van der Waals surface area contributed by atoms with E-state index in [-0.39, 0.29) is 12.5 Å². The lowest BCUT2D eigenvalue weighted by atomic mass is 10.2. The fraction of sp³-hybridized carbons (Fsp3) is 0.143. The van der Waals surface area contributed by atoms with E-state index in [0.717, 1.165) is 5.56 Å². The summed E-state index contributed by atoms with van der Waals surface area (Å²) >= 11 is 6.12. The molecule has 1 heterocycles. The van der Waals surface area contributed by atoms with Crippen molar-refractivity contribution in [3.63, 3.8) is 0 Å². The Balaban J connectivity index is 2.11. The molecule has 0 aliphatic heterocycles. The van der Waals surface area contributed by atoms with Gasteiger partial charge in [0.05, 0.1) is 7.11 Å². The van der Waals surface area contributed by atoms with Crippen molar-refractivity contribution in [2.45, 2.75) is 6.54 Å². The van der Waals surface area contributed by atoms with Gasteiger partial charge >= 0.3 is 0 Å². The zero-order valence-corrected chi connectivity index (χ0v) is 12.1. The molecule has 4 N–H and O–H groups in total. The third kappa shape index (κ3) is 3.62. The molecule has 1 amide bonds. The van der Waals surface area contributed by atoms with Crippen LogP contribution >= 0.6 is 11.6 Å². The van der Waals surface area contributed by atoms with Crippen molar-refractivity contribution in [3.05, 3.63) is 52.7 Å². The van der Waals surface area contributed by atoms with Crippen LogP contribution in [0.2, 0.25) is 5.02 Å². The number of carbonyl (C=O) groups is 1. The summed E-state index contributed by atoms with van der Waals surface area (Å²) in [5, 5.41) is 3.32. The quantitative estimate of drug-likeness (QED) is 0.580. The molecule has 6 nitrogen and oxygen atoms in total. The first-order valence-electron chi connectivity index (χ1n) is 6.18. The maximum Gasteiger partial charge on any atom is 0.251 e. The summed E-state index contributed by atoms with van der Waals surface area (Å²) in [5.74, 6) is 6.05. The number of nitrogens with two attached hydrogens (primary N) is 1. The van der Waals surface area contributed by atoms with Crippen LogP contribution in [0.15, 0.2) is 36.5 Å². The van der Waals surface area contributed by atoms with Gasteiger partial charge in [-0.1, -0.05) is 17.7 Å². The molecule has 0 aliphatic rings. The monoisotopic (exact) mass is 306 g/mol. The Morgan fingerprint density at radius 2 is 2.24 bits per heavy atom. The van der Waals surface area contributed by atoms with E-state index < -0.39 is 0 Å². The fourth-order valence-electron chi connectivity index (χ4n) is 1.82. The predicted molar refractivity (Wildman–Crippen MR) is 81.2 cm³/mol. The van der Waals surface area contributed by atoms with Gasteiger partial charge in [0.2, 0.25) is 0 Å². The molecule has 0 fully saturated rings. The molecule has 0 atom stereocenters. The highest BCUT2D eigenvalue weighted by molar-refractivity contribution is 6.31. The molecule has 0 saturated heterocycles. The second-order valence-corrected chi connectivity index (χ2v) is 4.58. The molecule has 21 heavy (non-hydrogen) atoms. The molecule has 0 unspecified atom stereocenters. The van der Waals surface area contributed by atoms with Gasteiger partial charge in [-0.25, -0.2) is 10.8 Å². The van der Waals surface area contributed by atoms with Crippen LogP contribution in [0.25, 0.3) is 0 Å². The Morgan fingerprint density at radius 1 is 1.43 bits per heavy atom. The van der Waals surface area contributed by atoms with Gasteiger partial charge in [0, 0.05) is 28.9 Å². The summed E-state index contributed by atoms with van der Waals surface area (Å²) in [7, 11) is 1.55. The summed E-state index contributed by atoms with van der Waals surface area (Å²) in [5.41, 5.74) is 3.56. The second-order valence-electron chi connectivity index (χ2n) is 4.18. The first kappa shape index (κ1) is 15.1. The lowest BCUT2D eigenvalue weighted by molar-refractivity contribution is 0.0950. The van der Waals surface area contributed by atoms with E-state index in [1.165, 1.54) is 6.20 Å². The van der Waals surface area contributed by atoms with E-state index in [9.17, 15) is 4.79 Å². The minimum atomic E-state index is -0.254. The van der Waals surface area contributed by atoms with E-state index in [0.29, 0.717) is 22.2 Å². The summed E-state index contributed by atoms with van der Waals surface area (Å²) in [6, 6.07) is 8.47. The molecular weight excluding hydrogens is 292 g/mol. The Hall–Kier alpha value is -2.31. The topological polar surface area (TPSA) is 89.3 Å². The first-order valence-corrected chi connectivity index (χ1v) is 6.55. The van der Waals surface area contributed by atoms with Crippen LogP contribution < -0.4 is 21.3 Å². The van der Waals surface area contributed by atoms with Crippen molar-refractivity contribution in [3.8, 4) is 5.75 Å². The highest BCUT2D eigenvalue weighted by Gasteiger charge is 2.11. The van der Waals surface area contributed by atoms with E-state index in [1.54, 1.807) is 37.4 Å². The number of nitrogens with one attached hydrogen (secondary N) is 2. The number of nitrogens with zero attached hydrogens (tertiary/aromatic N) is 1. The van der Waals surface area contributed by atoms with Crippen LogP contribution in [0.5, 0.6) is 5.75 Å². The van der Waals surface area contributed by atoms with E-state index >= 15 is 0 Å². The number of pyridine rings is 1. The van der Waals surface area contributed by atoms with Gasteiger partial charge in [-0.2, -0.15) is 0 Å². The average Bonchev–Trinajstić information content (AvgIpc) is 2.53. The minimum absolute atomic E-state index is 0.254. The summed E-state index contributed by atoms with van der Waals surface area (Å²) < 4.78 is 5.23. The van der Waals surface area contributed by atoms with Gasteiger partial charge in [0.1, 0.15) is 11.6 Å². The molecule has 2 aromatic rings. The Labute approximate surface area is 127 Å². The number of rotatable bonds is 5. The maximum atomic E-state index is 12.1. The smallest absolute Gasteiger partial charge is 0.251 e. The predicted octanol–water partition coefficient (Wildman–Crippen LogP) is 1.96. The van der Waals surface area contributed by atoms with Gasteiger partial charge in [-0.15, -0.1) is 0 Å². The standard InChI is InChI=1S/C14H15ClN4O2/c1-21-12-4-2-3-11(15)10(12)8-18-14(20)9-5-6-17-13(7-9)19-16/h2-7H,8,16H2,1H3,(H,17,19)(H,18,20). The van der Waals surface area contributed by atoms with Crippen molar-refractivity contribution in [2.75, 3.05) is 12.5 Å². The first-order chi connectivity index (χ1) is 10.2. The molecule has 2 rings (SSSR count). The number of anilines is 1. The average molecular weight is 307 g/mol. The van der Waals surface area contributed by atoms with E-state index in [1.807, 2.05) is 0 Å². The molecular formula is C14H15ClN4O2. The highest BCUT2D eigenvalue weighted by atomic mass is 35.5. The molecule has 0 bridgehead atoms. The molecule has 110 valence electrons. The van der Waals surface area contributed by atoms with E-state index in [4.69, 9.17) is 22.2 Å². The number of ether oxygens (including phenoxy) is 1. The van der Waals surface area contributed by atoms with Crippen molar-refractivity contribution in [1.29, 1.82) is 0 Å². The van der Waals surface area contributed by atoms with Gasteiger partial charge in [-0.3, -0.25) is 4.79 Å². The largest absolute Gasteiger partial charge is 0.496 e. The van der Waals surface area contributed by atoms with Crippen LogP contribution in [-0.2, 0) is 6.54 Å². The number of aromatic nitrogens is 1. The number of benzene rings is 1. The van der Waals surface area contributed by atoms with E-state index in [2.05, 4.69) is 15.7 Å². The van der Waals surface area contributed by atoms with Gasteiger partial charge < -0.3 is 15.5 Å². The van der Waals surface area contributed by atoms with Gasteiger partial charge in [0.15, 0.2) is 0 Å². The summed E-state index contributed by atoms with van der Waals surface area (Å²) in [4.78, 5) is 16.0. The number of hydrogen-bond acceptors (Lipinski definition) is 5. The molecule has 0 radical (unpaired) electrons. The Bertz CT molecular complexity index is 649. The van der Waals surface area contributed by atoms with Crippen LogP contribution in [-0.4, -0.2) is 18.0 Å². The Morgan fingerprint density at radius 3 is 2.95 bits per heavy atom. The zero-order valence-electron chi connectivity index (χ0n) is 11.4. The normalized spacial score (nSPS) is 10.0. The number of halogens is 1. The van der Waals surface area contributed by atoms with Crippen molar-refractivity contribution >= 4 is 23.3 Å². The number of nitrogen functional groups attached to an aromatic ring is 1. The van der Waals surface area contributed by atoms with Crippen LogP contribution in [0, 0.1) is 0 Å². The third-order valence-electron chi connectivity index (χ3n) is 2.89. The van der Waals surface area contributed by atoms with Crippen LogP contribution in [0.1, 0.15) is 15.9 Å². The highest BCUT2D eigenvalue weighted by Crippen LogP contribution is 2.25. The lowest BCUT2D eigenvalue weighted by Gasteiger charge is -2.11. The number of amides is 1. The number of methoxy groups -OCH3 is 1. The molecule has 0 aliphatic carbocycles. The van der Waals surface area contributed by atoms with Crippen LogP contribution in [0.4, 0.5) is 5.82 Å². The summed E-state index contributed by atoms with van der Waals surface area (Å²) in [6.45, 7) is 0.259.